The highest BCUT2D eigenvalue weighted by molar-refractivity contribution is 7.13. The summed E-state index contributed by atoms with van der Waals surface area (Å²) in [5, 5.41) is 2.04. The third-order valence-electron chi connectivity index (χ3n) is 3.88. The minimum Gasteiger partial charge on any atom is -0.336 e. The van der Waals surface area contributed by atoms with Crippen molar-refractivity contribution >= 4 is 17.2 Å². The van der Waals surface area contributed by atoms with Gasteiger partial charge in [0.25, 0.3) is 5.91 Å². The average Bonchev–Trinajstić information content (AvgIpc) is 3.01. The zero-order valence-corrected chi connectivity index (χ0v) is 13.2. The van der Waals surface area contributed by atoms with E-state index in [1.54, 1.807) is 11.3 Å². The maximum absolute atomic E-state index is 12.6. The molecule has 2 aromatic heterocycles. The molecule has 110 valence electrons. The molecule has 1 saturated heterocycles. The number of rotatable bonds is 2. The Morgan fingerprint density at radius 2 is 1.95 bits per heavy atom. The SMILES string of the molecule is Cc1nc(-c2cccs2)ccc1C(=O)N1CCN(C)CC1. The molecule has 0 bridgehead atoms. The van der Waals surface area contributed by atoms with Gasteiger partial charge in [0.1, 0.15) is 0 Å². The van der Waals surface area contributed by atoms with E-state index in [1.807, 2.05) is 35.4 Å². The maximum Gasteiger partial charge on any atom is 0.255 e. The van der Waals surface area contributed by atoms with Crippen LogP contribution < -0.4 is 0 Å². The summed E-state index contributed by atoms with van der Waals surface area (Å²) in [7, 11) is 2.09. The second kappa shape index (κ2) is 5.95. The minimum atomic E-state index is 0.103. The molecule has 2 aromatic rings. The predicted octanol–water partition coefficient (Wildman–Crippen LogP) is 2.51. The molecule has 1 fully saturated rings. The molecule has 3 heterocycles. The fourth-order valence-corrected chi connectivity index (χ4v) is 3.22. The molecule has 1 aliphatic heterocycles. The van der Waals surface area contributed by atoms with Crippen LogP contribution in [-0.4, -0.2) is 53.9 Å². The lowest BCUT2D eigenvalue weighted by Crippen LogP contribution is -2.47. The number of nitrogens with zero attached hydrogens (tertiary/aromatic N) is 3. The van der Waals surface area contributed by atoms with Crippen LogP contribution >= 0.6 is 11.3 Å². The van der Waals surface area contributed by atoms with Crippen molar-refractivity contribution in [3.63, 3.8) is 0 Å². The Morgan fingerprint density at radius 1 is 1.19 bits per heavy atom. The van der Waals surface area contributed by atoms with Gasteiger partial charge in [-0.05, 0) is 37.6 Å². The molecule has 1 aliphatic rings. The maximum atomic E-state index is 12.6. The summed E-state index contributed by atoms with van der Waals surface area (Å²) in [6.07, 6.45) is 0. The van der Waals surface area contributed by atoms with Crippen LogP contribution in [-0.2, 0) is 0 Å². The van der Waals surface area contributed by atoms with E-state index >= 15 is 0 Å². The van der Waals surface area contributed by atoms with Gasteiger partial charge in [0, 0.05) is 26.2 Å². The quantitative estimate of drug-likeness (QED) is 0.855. The Bertz CT molecular complexity index is 631. The Balaban J connectivity index is 1.81. The molecule has 1 amide bonds. The molecule has 0 unspecified atom stereocenters. The van der Waals surface area contributed by atoms with Gasteiger partial charge in [-0.2, -0.15) is 0 Å². The van der Waals surface area contributed by atoms with Crippen molar-refractivity contribution in [2.45, 2.75) is 6.92 Å². The second-order valence-electron chi connectivity index (χ2n) is 5.40. The number of piperazine rings is 1. The summed E-state index contributed by atoms with van der Waals surface area (Å²) < 4.78 is 0. The molecule has 0 atom stereocenters. The first-order valence-electron chi connectivity index (χ1n) is 7.14. The summed E-state index contributed by atoms with van der Waals surface area (Å²) in [4.78, 5) is 22.5. The van der Waals surface area contributed by atoms with Crippen molar-refractivity contribution < 1.29 is 4.79 Å². The first-order chi connectivity index (χ1) is 10.1. The smallest absolute Gasteiger partial charge is 0.255 e. The number of aromatic nitrogens is 1. The lowest BCUT2D eigenvalue weighted by Gasteiger charge is -2.32. The van der Waals surface area contributed by atoms with Gasteiger partial charge in [-0.1, -0.05) is 6.07 Å². The van der Waals surface area contributed by atoms with Crippen molar-refractivity contribution in [3.8, 4) is 10.6 Å². The summed E-state index contributed by atoms with van der Waals surface area (Å²) in [6, 6.07) is 7.93. The molecule has 0 spiro atoms. The highest BCUT2D eigenvalue weighted by atomic mass is 32.1. The molecule has 21 heavy (non-hydrogen) atoms. The Kier molecular flexibility index (Phi) is 4.03. The molecular weight excluding hydrogens is 282 g/mol. The van der Waals surface area contributed by atoms with Crippen LogP contribution in [0.3, 0.4) is 0 Å². The molecule has 0 saturated carbocycles. The number of likely N-dealkylation sites (N-methyl/N-ethyl adjacent to an activating group) is 1. The highest BCUT2D eigenvalue weighted by Crippen LogP contribution is 2.24. The van der Waals surface area contributed by atoms with Crippen molar-refractivity contribution in [2.24, 2.45) is 0 Å². The number of hydrogen-bond donors (Lipinski definition) is 0. The van der Waals surface area contributed by atoms with E-state index in [9.17, 15) is 4.79 Å². The van der Waals surface area contributed by atoms with E-state index in [2.05, 4.69) is 23.0 Å². The number of carbonyl (C=O) groups excluding carboxylic acids is 1. The number of amides is 1. The van der Waals surface area contributed by atoms with Crippen LogP contribution in [0.2, 0.25) is 0 Å². The van der Waals surface area contributed by atoms with Crippen molar-refractivity contribution in [1.29, 1.82) is 0 Å². The predicted molar refractivity (Wildman–Crippen MR) is 85.7 cm³/mol. The average molecular weight is 301 g/mol. The number of pyridine rings is 1. The van der Waals surface area contributed by atoms with Gasteiger partial charge in [0.2, 0.25) is 0 Å². The van der Waals surface area contributed by atoms with Gasteiger partial charge in [-0.25, -0.2) is 0 Å². The highest BCUT2D eigenvalue weighted by Gasteiger charge is 2.22. The van der Waals surface area contributed by atoms with E-state index in [4.69, 9.17) is 0 Å². The summed E-state index contributed by atoms with van der Waals surface area (Å²) >= 11 is 1.66. The Morgan fingerprint density at radius 3 is 2.57 bits per heavy atom. The van der Waals surface area contributed by atoms with Gasteiger partial charge in [0.15, 0.2) is 0 Å². The van der Waals surface area contributed by atoms with Crippen LogP contribution in [0.5, 0.6) is 0 Å². The largest absolute Gasteiger partial charge is 0.336 e. The van der Waals surface area contributed by atoms with E-state index in [1.165, 1.54) is 0 Å². The third kappa shape index (κ3) is 2.99. The van der Waals surface area contributed by atoms with Gasteiger partial charge in [0.05, 0.1) is 21.8 Å². The number of hydrogen-bond acceptors (Lipinski definition) is 4. The van der Waals surface area contributed by atoms with E-state index in [0.29, 0.717) is 0 Å². The number of carbonyl (C=O) groups is 1. The van der Waals surface area contributed by atoms with Gasteiger partial charge < -0.3 is 9.80 Å². The summed E-state index contributed by atoms with van der Waals surface area (Å²) in [5.74, 6) is 0.103. The van der Waals surface area contributed by atoms with Gasteiger partial charge in [-0.3, -0.25) is 9.78 Å². The van der Waals surface area contributed by atoms with Crippen molar-refractivity contribution in [3.05, 3.63) is 40.9 Å². The molecule has 0 radical (unpaired) electrons. The van der Waals surface area contributed by atoms with E-state index in [0.717, 1.165) is 48.0 Å². The molecule has 0 N–H and O–H groups in total. The third-order valence-corrected chi connectivity index (χ3v) is 4.77. The molecule has 5 heteroatoms. The van der Waals surface area contributed by atoms with Crippen LogP contribution in [0.15, 0.2) is 29.6 Å². The van der Waals surface area contributed by atoms with Crippen molar-refractivity contribution in [2.75, 3.05) is 33.2 Å². The molecule has 4 nitrogen and oxygen atoms in total. The molecule has 0 aromatic carbocycles. The van der Waals surface area contributed by atoms with Crippen LogP contribution in [0.25, 0.3) is 10.6 Å². The first kappa shape index (κ1) is 14.2. The molecule has 0 aliphatic carbocycles. The van der Waals surface area contributed by atoms with E-state index in [-0.39, 0.29) is 5.91 Å². The second-order valence-corrected chi connectivity index (χ2v) is 6.35. The van der Waals surface area contributed by atoms with E-state index < -0.39 is 0 Å². The Labute approximate surface area is 129 Å². The lowest BCUT2D eigenvalue weighted by atomic mass is 10.1. The number of aryl methyl sites for hydroxylation is 1. The zero-order chi connectivity index (χ0) is 14.8. The normalized spacial score (nSPS) is 16.2. The lowest BCUT2D eigenvalue weighted by molar-refractivity contribution is 0.0663. The fraction of sp³-hybridized carbons (Fsp3) is 0.375. The molecular formula is C16H19N3OS. The topological polar surface area (TPSA) is 36.4 Å². The minimum absolute atomic E-state index is 0.103. The molecule has 3 rings (SSSR count). The fourth-order valence-electron chi connectivity index (χ4n) is 2.53. The standard InChI is InChI=1S/C16H19N3OS/c1-12-13(16(20)19-9-7-18(2)8-10-19)5-6-14(17-12)15-4-3-11-21-15/h3-6,11H,7-10H2,1-2H3. The zero-order valence-electron chi connectivity index (χ0n) is 12.4. The first-order valence-corrected chi connectivity index (χ1v) is 8.02. The van der Waals surface area contributed by atoms with Crippen LogP contribution in [0.1, 0.15) is 16.1 Å². The summed E-state index contributed by atoms with van der Waals surface area (Å²) in [5.41, 5.74) is 2.47. The van der Waals surface area contributed by atoms with Crippen molar-refractivity contribution in [1.82, 2.24) is 14.8 Å². The van der Waals surface area contributed by atoms with Gasteiger partial charge in [-0.15, -0.1) is 11.3 Å². The van der Waals surface area contributed by atoms with Crippen LogP contribution in [0.4, 0.5) is 0 Å². The Hall–Kier alpha value is -1.72. The monoisotopic (exact) mass is 301 g/mol. The number of thiophene rings is 1. The van der Waals surface area contributed by atoms with Gasteiger partial charge >= 0.3 is 0 Å². The summed E-state index contributed by atoms with van der Waals surface area (Å²) in [6.45, 7) is 5.38. The van der Waals surface area contributed by atoms with Crippen LogP contribution in [0, 0.1) is 6.92 Å².